The lowest BCUT2D eigenvalue weighted by Crippen LogP contribution is -2.32. The van der Waals surface area contributed by atoms with Crippen molar-refractivity contribution in [1.82, 2.24) is 10.2 Å². The molecule has 0 bridgehead atoms. The number of hydrogen-bond acceptors (Lipinski definition) is 3. The quantitative estimate of drug-likeness (QED) is 0.512. The van der Waals surface area contributed by atoms with Crippen molar-refractivity contribution in [2.45, 2.75) is 0 Å². The Morgan fingerprint density at radius 1 is 1.38 bits per heavy atom. The van der Waals surface area contributed by atoms with E-state index in [-0.39, 0.29) is 5.46 Å². The first-order valence-electron chi connectivity index (χ1n) is 3.67. The van der Waals surface area contributed by atoms with Gasteiger partial charge in [0.25, 0.3) is 0 Å². The van der Waals surface area contributed by atoms with Gasteiger partial charge in [-0.25, -0.2) is 4.39 Å². The zero-order valence-electron chi connectivity index (χ0n) is 6.53. The molecule has 0 spiro atoms. The van der Waals surface area contributed by atoms with Crippen LogP contribution in [0.4, 0.5) is 4.39 Å². The molecule has 2 aromatic rings. The molecule has 1 heterocycles. The first-order chi connectivity index (χ1) is 6.18. The van der Waals surface area contributed by atoms with E-state index in [9.17, 15) is 4.39 Å². The Kier molecular flexibility index (Phi) is 1.79. The Labute approximate surface area is 73.2 Å². The van der Waals surface area contributed by atoms with Crippen molar-refractivity contribution in [3.63, 3.8) is 0 Å². The molecule has 6 heteroatoms. The number of halogens is 1. The van der Waals surface area contributed by atoms with Crippen LogP contribution in [0.3, 0.4) is 0 Å². The van der Waals surface area contributed by atoms with E-state index >= 15 is 0 Å². The van der Waals surface area contributed by atoms with Gasteiger partial charge in [-0.15, -0.1) is 0 Å². The van der Waals surface area contributed by atoms with Crippen LogP contribution in [0, 0.1) is 5.82 Å². The summed E-state index contributed by atoms with van der Waals surface area (Å²) in [7, 11) is -1.80. The molecule has 0 aliphatic carbocycles. The van der Waals surface area contributed by atoms with Gasteiger partial charge in [0.05, 0.1) is 11.7 Å². The standard InChI is InChI=1S/C7H6BFN2O2/c9-6-1-4-3-10-11-7(4)2-5(6)8(12)13/h1-3,12-13H,(H,10,11). The van der Waals surface area contributed by atoms with Crippen LogP contribution in [0.2, 0.25) is 0 Å². The number of fused-ring (bicyclic) bond motifs is 1. The topological polar surface area (TPSA) is 69.1 Å². The average molecular weight is 180 g/mol. The largest absolute Gasteiger partial charge is 0.491 e. The highest BCUT2D eigenvalue weighted by atomic mass is 19.1. The average Bonchev–Trinajstić information content (AvgIpc) is 2.48. The third-order valence-corrected chi connectivity index (χ3v) is 1.84. The van der Waals surface area contributed by atoms with Crippen molar-refractivity contribution in [2.24, 2.45) is 0 Å². The molecule has 4 nitrogen and oxygen atoms in total. The molecule has 1 aromatic heterocycles. The number of benzene rings is 1. The highest BCUT2D eigenvalue weighted by molar-refractivity contribution is 6.59. The molecule has 0 saturated carbocycles. The SMILES string of the molecule is OB(O)c1cc2[nH]ncc2cc1F. The number of aromatic amines is 1. The molecule has 2 rings (SSSR count). The van der Waals surface area contributed by atoms with E-state index in [1.165, 1.54) is 18.3 Å². The number of aromatic nitrogens is 2. The minimum absolute atomic E-state index is 0.156. The van der Waals surface area contributed by atoms with Crippen LogP contribution in [0.5, 0.6) is 0 Å². The first-order valence-corrected chi connectivity index (χ1v) is 3.67. The zero-order valence-corrected chi connectivity index (χ0v) is 6.53. The summed E-state index contributed by atoms with van der Waals surface area (Å²) >= 11 is 0. The van der Waals surface area contributed by atoms with Crippen LogP contribution in [0.15, 0.2) is 18.3 Å². The van der Waals surface area contributed by atoms with Crippen LogP contribution in [-0.2, 0) is 0 Å². The predicted molar refractivity (Wildman–Crippen MR) is 45.9 cm³/mol. The molecule has 0 amide bonds. The molecule has 0 aliphatic rings. The van der Waals surface area contributed by atoms with E-state index < -0.39 is 12.9 Å². The lowest BCUT2D eigenvalue weighted by molar-refractivity contribution is 0.423. The highest BCUT2D eigenvalue weighted by Crippen LogP contribution is 2.10. The summed E-state index contributed by atoms with van der Waals surface area (Å²) in [5.41, 5.74) is 0.418. The summed E-state index contributed by atoms with van der Waals surface area (Å²) in [6.07, 6.45) is 1.46. The normalized spacial score (nSPS) is 10.7. The Bertz CT molecular complexity index is 443. The van der Waals surface area contributed by atoms with Gasteiger partial charge in [-0.1, -0.05) is 0 Å². The van der Waals surface area contributed by atoms with E-state index in [0.717, 1.165) is 0 Å². The van der Waals surface area contributed by atoms with Gasteiger partial charge in [0.15, 0.2) is 0 Å². The Morgan fingerprint density at radius 3 is 2.85 bits per heavy atom. The fourth-order valence-corrected chi connectivity index (χ4v) is 1.18. The number of nitrogens with one attached hydrogen (secondary N) is 1. The zero-order chi connectivity index (χ0) is 9.42. The van der Waals surface area contributed by atoms with Gasteiger partial charge in [0.2, 0.25) is 0 Å². The van der Waals surface area contributed by atoms with Crippen molar-refractivity contribution in [1.29, 1.82) is 0 Å². The molecular weight excluding hydrogens is 174 g/mol. The fourth-order valence-electron chi connectivity index (χ4n) is 1.18. The van der Waals surface area contributed by atoms with Crippen molar-refractivity contribution in [2.75, 3.05) is 0 Å². The van der Waals surface area contributed by atoms with Gasteiger partial charge in [0.1, 0.15) is 5.82 Å². The molecule has 3 N–H and O–H groups in total. The van der Waals surface area contributed by atoms with Crippen LogP contribution in [-0.4, -0.2) is 27.4 Å². The summed E-state index contributed by atoms with van der Waals surface area (Å²) in [5.74, 6) is -0.649. The molecule has 0 radical (unpaired) electrons. The summed E-state index contributed by atoms with van der Waals surface area (Å²) in [4.78, 5) is 0. The lowest BCUT2D eigenvalue weighted by Gasteiger charge is -2.00. The van der Waals surface area contributed by atoms with Crippen molar-refractivity contribution in [3.05, 3.63) is 24.1 Å². The Morgan fingerprint density at radius 2 is 2.15 bits per heavy atom. The van der Waals surface area contributed by atoms with E-state index in [1.54, 1.807) is 0 Å². The minimum atomic E-state index is -1.80. The second-order valence-electron chi connectivity index (χ2n) is 2.70. The van der Waals surface area contributed by atoms with Crippen LogP contribution >= 0.6 is 0 Å². The smallest absolute Gasteiger partial charge is 0.423 e. The number of nitrogens with zero attached hydrogens (tertiary/aromatic N) is 1. The molecule has 13 heavy (non-hydrogen) atoms. The fraction of sp³-hybridized carbons (Fsp3) is 0. The number of hydrogen-bond donors (Lipinski definition) is 3. The molecule has 0 fully saturated rings. The summed E-state index contributed by atoms with van der Waals surface area (Å²) in [6.45, 7) is 0. The monoisotopic (exact) mass is 180 g/mol. The molecule has 66 valence electrons. The molecular formula is C7H6BFN2O2. The first kappa shape index (κ1) is 8.21. The van der Waals surface area contributed by atoms with Crippen molar-refractivity contribution >= 4 is 23.5 Å². The minimum Gasteiger partial charge on any atom is -0.423 e. The van der Waals surface area contributed by atoms with Crippen molar-refractivity contribution in [3.8, 4) is 0 Å². The van der Waals surface area contributed by atoms with Gasteiger partial charge in [-0.2, -0.15) is 5.10 Å². The Hall–Kier alpha value is -1.40. The summed E-state index contributed by atoms with van der Waals surface area (Å²) in [5, 5.41) is 24.5. The number of rotatable bonds is 1. The van der Waals surface area contributed by atoms with E-state index in [2.05, 4.69) is 10.2 Å². The summed E-state index contributed by atoms with van der Waals surface area (Å²) < 4.78 is 13.1. The van der Waals surface area contributed by atoms with Crippen LogP contribution < -0.4 is 5.46 Å². The summed E-state index contributed by atoms with van der Waals surface area (Å²) in [6, 6.07) is 2.52. The van der Waals surface area contributed by atoms with Crippen LogP contribution in [0.25, 0.3) is 10.9 Å². The Balaban J connectivity index is 2.69. The van der Waals surface area contributed by atoms with E-state index in [4.69, 9.17) is 10.0 Å². The van der Waals surface area contributed by atoms with Crippen molar-refractivity contribution < 1.29 is 14.4 Å². The lowest BCUT2D eigenvalue weighted by atomic mass is 9.79. The van der Waals surface area contributed by atoms with E-state index in [1.807, 2.05) is 0 Å². The second kappa shape index (κ2) is 2.83. The van der Waals surface area contributed by atoms with Crippen LogP contribution in [0.1, 0.15) is 0 Å². The van der Waals surface area contributed by atoms with E-state index in [0.29, 0.717) is 10.9 Å². The highest BCUT2D eigenvalue weighted by Gasteiger charge is 2.17. The molecule has 0 aliphatic heterocycles. The van der Waals surface area contributed by atoms with Gasteiger partial charge in [0, 0.05) is 10.8 Å². The van der Waals surface area contributed by atoms with Gasteiger partial charge >= 0.3 is 7.12 Å². The predicted octanol–water partition coefficient (Wildman–Crippen LogP) is -0.618. The maximum Gasteiger partial charge on any atom is 0.491 e. The third-order valence-electron chi connectivity index (χ3n) is 1.84. The van der Waals surface area contributed by atoms with Gasteiger partial charge in [-0.05, 0) is 12.1 Å². The molecule has 0 unspecified atom stereocenters. The molecule has 0 saturated heterocycles. The van der Waals surface area contributed by atoms with Gasteiger partial charge in [-0.3, -0.25) is 5.10 Å². The third kappa shape index (κ3) is 1.30. The number of H-pyrrole nitrogens is 1. The maximum absolute atomic E-state index is 13.1. The molecule has 1 aromatic carbocycles. The second-order valence-corrected chi connectivity index (χ2v) is 2.70. The maximum atomic E-state index is 13.1. The molecule has 0 atom stereocenters. The van der Waals surface area contributed by atoms with Gasteiger partial charge < -0.3 is 10.0 Å².